The summed E-state index contributed by atoms with van der Waals surface area (Å²) in [5.74, 6) is 2.64. The highest BCUT2D eigenvalue weighted by molar-refractivity contribution is 5.59. The highest BCUT2D eigenvalue weighted by atomic mass is 15.1. The van der Waals surface area contributed by atoms with Gasteiger partial charge in [-0.3, -0.25) is 5.10 Å². The number of benzene rings is 1. The molecule has 4 rings (SSSR count). The van der Waals surface area contributed by atoms with Gasteiger partial charge in [0.25, 0.3) is 0 Å². The van der Waals surface area contributed by atoms with Crippen LogP contribution < -0.4 is 5.73 Å². The average Bonchev–Trinajstić information content (AvgIpc) is 3.09. The SMILES string of the molecule is N[C@H]1CC[C@H](C[C@H]2C[C@@H]2c2ccc(-c3ccn[nH]3)cc2)CC1. The van der Waals surface area contributed by atoms with Gasteiger partial charge in [-0.15, -0.1) is 0 Å². The minimum atomic E-state index is 0.473. The number of aromatic amines is 1. The fourth-order valence-corrected chi connectivity index (χ4v) is 4.09. The van der Waals surface area contributed by atoms with E-state index >= 15 is 0 Å². The number of nitrogens with zero attached hydrogens (tertiary/aromatic N) is 1. The molecule has 116 valence electrons. The van der Waals surface area contributed by atoms with Gasteiger partial charge in [-0.2, -0.15) is 5.10 Å². The predicted octanol–water partition coefficient (Wildman–Crippen LogP) is 4.09. The van der Waals surface area contributed by atoms with Crippen LogP contribution in [-0.4, -0.2) is 16.2 Å². The van der Waals surface area contributed by atoms with Crippen molar-refractivity contribution in [2.24, 2.45) is 17.6 Å². The number of aromatic nitrogens is 2. The zero-order valence-electron chi connectivity index (χ0n) is 13.0. The van der Waals surface area contributed by atoms with Crippen molar-refractivity contribution in [3.63, 3.8) is 0 Å². The molecule has 0 aliphatic heterocycles. The van der Waals surface area contributed by atoms with E-state index in [0.29, 0.717) is 6.04 Å². The van der Waals surface area contributed by atoms with E-state index in [0.717, 1.165) is 23.4 Å². The highest BCUT2D eigenvalue weighted by Gasteiger charge is 2.39. The second-order valence-corrected chi connectivity index (χ2v) is 7.21. The quantitative estimate of drug-likeness (QED) is 0.892. The normalized spacial score (nSPS) is 31.1. The van der Waals surface area contributed by atoms with Gasteiger partial charge in [0.15, 0.2) is 0 Å². The average molecular weight is 295 g/mol. The summed E-state index contributed by atoms with van der Waals surface area (Å²) in [6.45, 7) is 0. The van der Waals surface area contributed by atoms with Crippen molar-refractivity contribution in [1.29, 1.82) is 0 Å². The summed E-state index contributed by atoms with van der Waals surface area (Å²) in [6, 6.07) is 11.5. The van der Waals surface area contributed by atoms with Crippen LogP contribution in [0.2, 0.25) is 0 Å². The van der Waals surface area contributed by atoms with Crippen molar-refractivity contribution in [2.75, 3.05) is 0 Å². The van der Waals surface area contributed by atoms with Crippen LogP contribution in [-0.2, 0) is 0 Å². The zero-order valence-corrected chi connectivity index (χ0v) is 13.0. The lowest BCUT2D eigenvalue weighted by Crippen LogP contribution is -2.26. The Balaban J connectivity index is 1.34. The lowest BCUT2D eigenvalue weighted by molar-refractivity contribution is 0.298. The molecular formula is C19H25N3. The third-order valence-electron chi connectivity index (χ3n) is 5.60. The smallest absolute Gasteiger partial charge is 0.0650 e. The van der Waals surface area contributed by atoms with Gasteiger partial charge >= 0.3 is 0 Å². The molecule has 2 saturated carbocycles. The molecule has 2 fully saturated rings. The molecule has 3 heteroatoms. The first kappa shape index (κ1) is 14.0. The lowest BCUT2D eigenvalue weighted by Gasteiger charge is -2.26. The molecule has 2 aromatic rings. The molecule has 1 heterocycles. The van der Waals surface area contributed by atoms with Crippen LogP contribution in [0.3, 0.4) is 0 Å². The molecule has 0 saturated heterocycles. The summed E-state index contributed by atoms with van der Waals surface area (Å²) in [6.07, 6.45) is 9.77. The maximum atomic E-state index is 6.01. The van der Waals surface area contributed by atoms with Crippen molar-refractivity contribution in [2.45, 2.75) is 50.5 Å². The molecule has 2 atom stereocenters. The van der Waals surface area contributed by atoms with Crippen LogP contribution >= 0.6 is 0 Å². The van der Waals surface area contributed by atoms with Crippen LogP contribution in [0.4, 0.5) is 0 Å². The number of hydrogen-bond acceptors (Lipinski definition) is 2. The fraction of sp³-hybridized carbons (Fsp3) is 0.526. The van der Waals surface area contributed by atoms with E-state index in [1.54, 1.807) is 6.20 Å². The Morgan fingerprint density at radius 2 is 1.82 bits per heavy atom. The molecule has 0 bridgehead atoms. The summed E-state index contributed by atoms with van der Waals surface area (Å²) in [5.41, 5.74) is 9.84. The van der Waals surface area contributed by atoms with Crippen molar-refractivity contribution in [1.82, 2.24) is 10.2 Å². The van der Waals surface area contributed by atoms with Gasteiger partial charge < -0.3 is 5.73 Å². The van der Waals surface area contributed by atoms with Crippen molar-refractivity contribution < 1.29 is 0 Å². The van der Waals surface area contributed by atoms with Crippen LogP contribution in [0.15, 0.2) is 36.5 Å². The van der Waals surface area contributed by atoms with E-state index in [4.69, 9.17) is 5.73 Å². The van der Waals surface area contributed by atoms with E-state index in [1.165, 1.54) is 49.7 Å². The van der Waals surface area contributed by atoms with E-state index in [9.17, 15) is 0 Å². The third-order valence-corrected chi connectivity index (χ3v) is 5.60. The topological polar surface area (TPSA) is 54.7 Å². The Labute approximate surface area is 132 Å². The van der Waals surface area contributed by atoms with Crippen molar-refractivity contribution >= 4 is 0 Å². The van der Waals surface area contributed by atoms with E-state index in [2.05, 4.69) is 34.5 Å². The number of hydrogen-bond donors (Lipinski definition) is 2. The number of nitrogens with one attached hydrogen (secondary N) is 1. The Hall–Kier alpha value is -1.61. The van der Waals surface area contributed by atoms with Gasteiger partial charge in [0.1, 0.15) is 0 Å². The summed E-state index contributed by atoms with van der Waals surface area (Å²) in [7, 11) is 0. The molecule has 22 heavy (non-hydrogen) atoms. The van der Waals surface area contributed by atoms with Crippen LogP contribution in [0.25, 0.3) is 11.3 Å². The van der Waals surface area contributed by atoms with Gasteiger partial charge in [0.05, 0.1) is 5.69 Å². The molecule has 1 aromatic heterocycles. The molecule has 0 unspecified atom stereocenters. The Morgan fingerprint density at radius 1 is 1.05 bits per heavy atom. The summed E-state index contributed by atoms with van der Waals surface area (Å²) in [4.78, 5) is 0. The number of rotatable bonds is 4. The van der Waals surface area contributed by atoms with Gasteiger partial charge in [0.2, 0.25) is 0 Å². The van der Waals surface area contributed by atoms with Crippen LogP contribution in [0.1, 0.15) is 50.0 Å². The second-order valence-electron chi connectivity index (χ2n) is 7.21. The van der Waals surface area contributed by atoms with Gasteiger partial charge in [0, 0.05) is 12.2 Å². The molecule has 1 aromatic carbocycles. The first-order chi connectivity index (χ1) is 10.8. The minimum Gasteiger partial charge on any atom is -0.328 e. The highest BCUT2D eigenvalue weighted by Crippen LogP contribution is 2.52. The standard InChI is InChI=1S/C19H25N3/c20-17-7-1-13(2-8-17)11-16-12-18(16)14-3-5-15(6-4-14)19-9-10-21-22-19/h3-6,9-10,13,16-18H,1-2,7-8,11-12,20H2,(H,21,22)/t13-,16-,17-,18+/m0/s1. The van der Waals surface area contributed by atoms with Crippen LogP contribution in [0.5, 0.6) is 0 Å². The van der Waals surface area contributed by atoms with E-state index in [1.807, 2.05) is 6.07 Å². The summed E-state index contributed by atoms with van der Waals surface area (Å²) >= 11 is 0. The maximum Gasteiger partial charge on any atom is 0.0650 e. The Kier molecular flexibility index (Phi) is 3.75. The largest absolute Gasteiger partial charge is 0.328 e. The van der Waals surface area contributed by atoms with Gasteiger partial charge in [-0.1, -0.05) is 24.3 Å². The molecular weight excluding hydrogens is 270 g/mol. The van der Waals surface area contributed by atoms with Gasteiger partial charge in [-0.25, -0.2) is 0 Å². The monoisotopic (exact) mass is 295 g/mol. The molecule has 2 aliphatic carbocycles. The molecule has 3 nitrogen and oxygen atoms in total. The second kappa shape index (κ2) is 5.88. The number of nitrogens with two attached hydrogens (primary N) is 1. The first-order valence-corrected chi connectivity index (χ1v) is 8.65. The number of H-pyrrole nitrogens is 1. The van der Waals surface area contributed by atoms with E-state index < -0.39 is 0 Å². The molecule has 3 N–H and O–H groups in total. The maximum absolute atomic E-state index is 6.01. The van der Waals surface area contributed by atoms with E-state index in [-0.39, 0.29) is 0 Å². The fourth-order valence-electron chi connectivity index (χ4n) is 4.09. The first-order valence-electron chi connectivity index (χ1n) is 8.65. The van der Waals surface area contributed by atoms with Crippen molar-refractivity contribution in [3.8, 4) is 11.3 Å². The van der Waals surface area contributed by atoms with Crippen LogP contribution in [0, 0.1) is 11.8 Å². The third kappa shape index (κ3) is 2.95. The van der Waals surface area contributed by atoms with Crippen molar-refractivity contribution in [3.05, 3.63) is 42.1 Å². The molecule has 0 amide bonds. The molecule has 0 radical (unpaired) electrons. The van der Waals surface area contributed by atoms with Gasteiger partial charge in [-0.05, 0) is 73.5 Å². The Bertz CT molecular complexity index is 594. The Morgan fingerprint density at radius 3 is 2.50 bits per heavy atom. The predicted molar refractivity (Wildman–Crippen MR) is 89.4 cm³/mol. The minimum absolute atomic E-state index is 0.473. The zero-order chi connectivity index (χ0) is 14.9. The summed E-state index contributed by atoms with van der Waals surface area (Å²) in [5, 5.41) is 7.04. The molecule has 0 spiro atoms. The lowest BCUT2D eigenvalue weighted by atomic mass is 9.83. The summed E-state index contributed by atoms with van der Waals surface area (Å²) < 4.78 is 0. The molecule has 2 aliphatic rings.